The molecule has 9 heteroatoms. The normalized spacial score (nSPS) is 17.5. The van der Waals surface area contributed by atoms with Gasteiger partial charge >= 0.3 is 0 Å². The number of hydrogen-bond donors (Lipinski definition) is 0. The van der Waals surface area contributed by atoms with Gasteiger partial charge in [-0.2, -0.15) is 0 Å². The molecule has 0 aliphatic carbocycles. The maximum atomic E-state index is 13.3. The third-order valence-corrected chi connectivity index (χ3v) is 8.52. The van der Waals surface area contributed by atoms with E-state index in [1.807, 2.05) is 12.1 Å². The molecule has 6 nitrogen and oxygen atoms in total. The summed E-state index contributed by atoms with van der Waals surface area (Å²) in [7, 11) is 4.61. The molecule has 146 valence electrons. The highest BCUT2D eigenvalue weighted by Crippen LogP contribution is 2.54. The minimum Gasteiger partial charge on any atom is -0.497 e. The van der Waals surface area contributed by atoms with Crippen molar-refractivity contribution in [2.24, 2.45) is 0 Å². The number of nitrogens with zero attached hydrogens (tertiary/aromatic N) is 2. The molecule has 0 N–H and O–H groups in total. The van der Waals surface area contributed by atoms with Crippen LogP contribution in [0.4, 0.5) is 11.4 Å². The highest BCUT2D eigenvalue weighted by Gasteiger charge is 2.42. The van der Waals surface area contributed by atoms with E-state index in [1.54, 1.807) is 28.4 Å². The van der Waals surface area contributed by atoms with Gasteiger partial charge in [-0.05, 0) is 23.8 Å². The number of carbonyl (C=O) groups excluding carboxylic acids is 3. The fourth-order valence-corrected chi connectivity index (χ4v) is 6.92. The Balaban J connectivity index is 1.85. The topological polar surface area (TPSA) is 66.9 Å². The number of rotatable bonds is 3. The number of anilines is 2. The van der Waals surface area contributed by atoms with E-state index in [9.17, 15) is 14.4 Å². The molecule has 1 aromatic carbocycles. The van der Waals surface area contributed by atoms with Crippen molar-refractivity contribution in [1.82, 2.24) is 4.90 Å². The Morgan fingerprint density at radius 1 is 1.21 bits per heavy atom. The molecule has 1 aromatic heterocycles. The minimum absolute atomic E-state index is 0.158. The van der Waals surface area contributed by atoms with E-state index in [4.69, 9.17) is 17.0 Å². The van der Waals surface area contributed by atoms with E-state index in [-0.39, 0.29) is 42.5 Å². The van der Waals surface area contributed by atoms with Crippen molar-refractivity contribution in [3.63, 3.8) is 0 Å². The molecule has 1 saturated heterocycles. The second-order valence-electron chi connectivity index (χ2n) is 7.24. The van der Waals surface area contributed by atoms with Crippen LogP contribution in [0.3, 0.4) is 0 Å². The van der Waals surface area contributed by atoms with Crippen molar-refractivity contribution >= 4 is 62.0 Å². The van der Waals surface area contributed by atoms with Gasteiger partial charge in [-0.25, -0.2) is 0 Å². The lowest BCUT2D eigenvalue weighted by atomic mass is 9.78. The van der Waals surface area contributed by atoms with E-state index in [1.165, 1.54) is 10.3 Å². The summed E-state index contributed by atoms with van der Waals surface area (Å²) in [6.07, 6.45) is 0.315. The van der Waals surface area contributed by atoms with Gasteiger partial charge in [0.15, 0.2) is 0 Å². The van der Waals surface area contributed by atoms with Crippen LogP contribution in [0.15, 0.2) is 18.2 Å². The van der Waals surface area contributed by atoms with Gasteiger partial charge < -0.3 is 4.74 Å². The van der Waals surface area contributed by atoms with Crippen LogP contribution in [0.2, 0.25) is 0 Å². The zero-order valence-electron chi connectivity index (χ0n) is 15.6. The van der Waals surface area contributed by atoms with Gasteiger partial charge in [0.05, 0.1) is 23.4 Å². The lowest BCUT2D eigenvalue weighted by Gasteiger charge is -2.38. The zero-order valence-corrected chi connectivity index (χ0v) is 18.1. The molecule has 2 aromatic rings. The molecule has 2 aliphatic heterocycles. The van der Waals surface area contributed by atoms with Crippen LogP contribution in [0.5, 0.6) is 5.75 Å². The Bertz CT molecular complexity index is 1050. The first kappa shape index (κ1) is 19.2. The molecule has 1 fully saturated rings. The van der Waals surface area contributed by atoms with Gasteiger partial charge in [-0.1, -0.05) is 46.7 Å². The summed E-state index contributed by atoms with van der Waals surface area (Å²) in [5.74, 6) is -0.259. The molecule has 0 spiro atoms. The SMILES string of the molecule is COc1ccc2c(c1)C(C)(C)c1ssc(=S)c1N2C(=O)CN1C(=O)CCC1=O. The Morgan fingerprint density at radius 3 is 2.54 bits per heavy atom. The largest absolute Gasteiger partial charge is 0.497 e. The number of benzene rings is 1. The van der Waals surface area contributed by atoms with Crippen molar-refractivity contribution in [3.8, 4) is 5.75 Å². The highest BCUT2D eigenvalue weighted by atomic mass is 32.9. The van der Waals surface area contributed by atoms with Crippen molar-refractivity contribution in [3.05, 3.63) is 32.5 Å². The number of fused-ring (bicyclic) bond motifs is 2. The average Bonchev–Trinajstić information content (AvgIpc) is 3.20. The number of imide groups is 1. The molecule has 3 heterocycles. The van der Waals surface area contributed by atoms with Crippen molar-refractivity contribution in [1.29, 1.82) is 0 Å². The molecule has 0 saturated carbocycles. The predicted molar refractivity (Wildman–Crippen MR) is 111 cm³/mol. The van der Waals surface area contributed by atoms with Crippen molar-refractivity contribution < 1.29 is 19.1 Å². The molecular weight excluding hydrogens is 416 g/mol. The number of likely N-dealkylation sites (tertiary alicyclic amines) is 1. The van der Waals surface area contributed by atoms with E-state index >= 15 is 0 Å². The number of hydrogen-bond acceptors (Lipinski definition) is 7. The van der Waals surface area contributed by atoms with Crippen LogP contribution in [-0.2, 0) is 19.8 Å². The van der Waals surface area contributed by atoms with Crippen molar-refractivity contribution in [2.45, 2.75) is 32.1 Å². The van der Waals surface area contributed by atoms with Crippen LogP contribution in [0.1, 0.15) is 37.1 Å². The van der Waals surface area contributed by atoms with Crippen LogP contribution in [0, 0.1) is 3.82 Å². The Kier molecular flexibility index (Phi) is 4.64. The summed E-state index contributed by atoms with van der Waals surface area (Å²) in [6, 6.07) is 5.56. The van der Waals surface area contributed by atoms with Gasteiger partial charge in [0.2, 0.25) is 11.8 Å². The van der Waals surface area contributed by atoms with Crippen LogP contribution >= 0.6 is 32.9 Å². The second kappa shape index (κ2) is 6.75. The standard InChI is InChI=1S/C19H18N2O4S3/c1-19(2)11-8-10(25-3)4-5-12(11)21(16-17(19)27-28-18(16)26)15(24)9-20-13(22)6-7-14(20)23/h4-5,8H,6-7,9H2,1-3H3. The molecule has 0 unspecified atom stereocenters. The van der Waals surface area contributed by atoms with Gasteiger partial charge in [0, 0.05) is 18.3 Å². The summed E-state index contributed by atoms with van der Waals surface area (Å²) in [6.45, 7) is 3.91. The van der Waals surface area contributed by atoms with Gasteiger partial charge in [-0.15, -0.1) is 0 Å². The molecule has 0 atom stereocenters. The number of ether oxygens (including phenoxy) is 1. The van der Waals surface area contributed by atoms with E-state index in [0.29, 0.717) is 20.9 Å². The Hall–Kier alpha value is -2.10. The first-order valence-electron chi connectivity index (χ1n) is 8.74. The third-order valence-electron chi connectivity index (χ3n) is 5.22. The van der Waals surface area contributed by atoms with Crippen molar-refractivity contribution in [2.75, 3.05) is 18.6 Å². The lowest BCUT2D eigenvalue weighted by Crippen LogP contribution is -2.43. The number of methoxy groups -OCH3 is 1. The molecule has 2 aliphatic rings. The smallest absolute Gasteiger partial charge is 0.251 e. The molecule has 4 rings (SSSR count). The predicted octanol–water partition coefficient (Wildman–Crippen LogP) is 4.00. The summed E-state index contributed by atoms with van der Waals surface area (Å²) in [5, 5.41) is 0. The highest BCUT2D eigenvalue weighted by molar-refractivity contribution is 7.80. The maximum absolute atomic E-state index is 13.3. The second-order valence-corrected chi connectivity index (χ2v) is 10.1. The Morgan fingerprint density at radius 2 is 1.89 bits per heavy atom. The number of amides is 3. The van der Waals surface area contributed by atoms with Crippen LogP contribution in [0.25, 0.3) is 0 Å². The average molecular weight is 435 g/mol. The van der Waals surface area contributed by atoms with Gasteiger partial charge in [-0.3, -0.25) is 24.2 Å². The first-order valence-corrected chi connectivity index (χ1v) is 11.3. The van der Waals surface area contributed by atoms with E-state index in [0.717, 1.165) is 15.3 Å². The fourth-order valence-electron chi connectivity index (χ4n) is 3.69. The van der Waals surface area contributed by atoms with E-state index < -0.39 is 0 Å². The fraction of sp³-hybridized carbons (Fsp3) is 0.368. The summed E-state index contributed by atoms with van der Waals surface area (Å²) < 4.78 is 6.01. The molecular formula is C19H18N2O4S3. The monoisotopic (exact) mass is 434 g/mol. The maximum Gasteiger partial charge on any atom is 0.251 e. The zero-order chi connectivity index (χ0) is 20.2. The van der Waals surface area contributed by atoms with Crippen LogP contribution < -0.4 is 9.64 Å². The number of carbonyl (C=O) groups is 3. The van der Waals surface area contributed by atoms with Gasteiger partial charge in [0.25, 0.3) is 5.91 Å². The summed E-state index contributed by atoms with van der Waals surface area (Å²) >= 11 is 5.54. The quantitative estimate of drug-likeness (QED) is 0.415. The summed E-state index contributed by atoms with van der Waals surface area (Å²) in [5.41, 5.74) is 1.99. The summed E-state index contributed by atoms with van der Waals surface area (Å²) in [4.78, 5) is 40.9. The first-order chi connectivity index (χ1) is 13.3. The molecule has 3 amide bonds. The Labute approximate surface area is 174 Å². The lowest BCUT2D eigenvalue weighted by molar-refractivity contribution is -0.141. The van der Waals surface area contributed by atoms with Crippen LogP contribution in [-0.4, -0.2) is 36.3 Å². The third kappa shape index (κ3) is 2.80. The molecule has 28 heavy (non-hydrogen) atoms. The minimum atomic E-state index is -0.354. The molecule has 0 bridgehead atoms. The van der Waals surface area contributed by atoms with Gasteiger partial charge in [0.1, 0.15) is 16.1 Å². The molecule has 0 radical (unpaired) electrons. The van der Waals surface area contributed by atoms with E-state index in [2.05, 4.69) is 13.8 Å².